The van der Waals surface area contributed by atoms with Gasteiger partial charge in [-0.3, -0.25) is 14.4 Å². The van der Waals surface area contributed by atoms with E-state index in [9.17, 15) is 14.4 Å². The van der Waals surface area contributed by atoms with E-state index < -0.39 is 6.10 Å². The Morgan fingerprint density at radius 2 is 0.533 bits per heavy atom. The molecule has 0 aliphatic carbocycles. The molecule has 0 aromatic heterocycles. The first-order valence-electron chi connectivity index (χ1n) is 32.4. The van der Waals surface area contributed by atoms with E-state index in [1.54, 1.807) is 0 Å². The number of hydrogen-bond donors (Lipinski definition) is 0. The first-order chi connectivity index (χ1) is 37.0. The van der Waals surface area contributed by atoms with Crippen molar-refractivity contribution in [3.05, 3.63) is 72.9 Å². The first-order valence-corrected chi connectivity index (χ1v) is 32.4. The first kappa shape index (κ1) is 71.8. The summed E-state index contributed by atoms with van der Waals surface area (Å²) in [6.07, 6.45) is 82.2. The fourth-order valence-electron chi connectivity index (χ4n) is 9.29. The van der Waals surface area contributed by atoms with Crippen LogP contribution >= 0.6 is 0 Å². The van der Waals surface area contributed by atoms with Gasteiger partial charge in [0.15, 0.2) is 6.10 Å². The fourth-order valence-corrected chi connectivity index (χ4v) is 9.29. The number of ether oxygens (including phenoxy) is 3. The molecular formula is C69H122O6. The van der Waals surface area contributed by atoms with Crippen LogP contribution in [0.15, 0.2) is 72.9 Å². The molecule has 75 heavy (non-hydrogen) atoms. The fraction of sp³-hybridized carbons (Fsp3) is 0.783. The van der Waals surface area contributed by atoms with E-state index in [0.29, 0.717) is 19.3 Å². The lowest BCUT2D eigenvalue weighted by atomic mass is 10.0. The van der Waals surface area contributed by atoms with E-state index in [2.05, 4.69) is 93.7 Å². The Morgan fingerprint density at radius 3 is 0.867 bits per heavy atom. The highest BCUT2D eigenvalue weighted by Crippen LogP contribution is 2.17. The maximum Gasteiger partial charge on any atom is 0.306 e. The standard InChI is InChI=1S/C69H122O6/c1-4-7-10-13-16-19-22-24-25-26-27-28-29-30-31-32-33-34-35-36-37-38-39-40-41-42-43-45-47-50-53-56-59-62-68(71)74-65-66(64-73-67(70)61-58-55-52-49-46-21-18-15-12-9-6-3)75-69(72)63-60-57-54-51-48-44-23-20-17-14-11-8-5-2/h7,10,15-16,18-20,23-25,27-28,66H,4-6,8-9,11-14,17,21-22,26,29-65H2,1-3H3/b10-7-,18-15-,19-16-,23-20-,25-24-,28-27-. The molecule has 1 unspecified atom stereocenters. The Bertz CT molecular complexity index is 1390. The van der Waals surface area contributed by atoms with E-state index in [-0.39, 0.29) is 31.1 Å². The minimum Gasteiger partial charge on any atom is -0.462 e. The summed E-state index contributed by atoms with van der Waals surface area (Å²) in [5.41, 5.74) is 0. The molecule has 0 aromatic rings. The van der Waals surface area contributed by atoms with Crippen LogP contribution in [0.2, 0.25) is 0 Å². The number of hydrogen-bond acceptors (Lipinski definition) is 6. The van der Waals surface area contributed by atoms with E-state index in [1.165, 1.54) is 186 Å². The summed E-state index contributed by atoms with van der Waals surface area (Å²) in [5.74, 6) is -0.882. The largest absolute Gasteiger partial charge is 0.462 e. The highest BCUT2D eigenvalue weighted by atomic mass is 16.6. The van der Waals surface area contributed by atoms with Crippen molar-refractivity contribution in [3.63, 3.8) is 0 Å². The number of carbonyl (C=O) groups excluding carboxylic acids is 3. The lowest BCUT2D eigenvalue weighted by molar-refractivity contribution is -0.167. The number of unbranched alkanes of at least 4 members (excludes halogenated alkanes) is 36. The molecule has 0 bridgehead atoms. The molecule has 0 aliphatic rings. The normalized spacial score (nSPS) is 12.5. The summed E-state index contributed by atoms with van der Waals surface area (Å²) < 4.78 is 16.9. The third kappa shape index (κ3) is 61.6. The van der Waals surface area contributed by atoms with Crippen molar-refractivity contribution < 1.29 is 28.6 Å². The van der Waals surface area contributed by atoms with Gasteiger partial charge in [-0.25, -0.2) is 0 Å². The van der Waals surface area contributed by atoms with Gasteiger partial charge in [0.1, 0.15) is 13.2 Å². The quantitative estimate of drug-likeness (QED) is 0.0261. The summed E-state index contributed by atoms with van der Waals surface area (Å²) in [7, 11) is 0. The smallest absolute Gasteiger partial charge is 0.306 e. The third-order valence-corrected chi connectivity index (χ3v) is 14.2. The summed E-state index contributed by atoms with van der Waals surface area (Å²) in [6.45, 7) is 6.49. The van der Waals surface area contributed by atoms with E-state index >= 15 is 0 Å². The molecule has 0 fully saturated rings. The molecule has 434 valence electrons. The minimum atomic E-state index is -0.779. The van der Waals surface area contributed by atoms with Crippen molar-refractivity contribution in [2.45, 2.75) is 335 Å². The maximum atomic E-state index is 12.8. The molecule has 6 heteroatoms. The molecular weight excluding hydrogens is 925 g/mol. The third-order valence-electron chi connectivity index (χ3n) is 14.2. The van der Waals surface area contributed by atoms with Gasteiger partial charge in [-0.05, 0) is 103 Å². The summed E-state index contributed by atoms with van der Waals surface area (Å²) in [5, 5.41) is 0. The summed E-state index contributed by atoms with van der Waals surface area (Å²) in [6, 6.07) is 0. The van der Waals surface area contributed by atoms with Crippen LogP contribution in [0.4, 0.5) is 0 Å². The Labute approximate surface area is 465 Å². The van der Waals surface area contributed by atoms with Crippen LogP contribution in [0.1, 0.15) is 329 Å². The van der Waals surface area contributed by atoms with Crippen LogP contribution in [0.3, 0.4) is 0 Å². The second kappa shape index (κ2) is 63.4. The van der Waals surface area contributed by atoms with Crippen LogP contribution < -0.4 is 0 Å². The average Bonchev–Trinajstić information content (AvgIpc) is 3.41. The zero-order valence-electron chi connectivity index (χ0n) is 49.8. The summed E-state index contributed by atoms with van der Waals surface area (Å²) in [4.78, 5) is 38.1. The second-order valence-electron chi connectivity index (χ2n) is 21.6. The van der Waals surface area contributed by atoms with Crippen LogP contribution in [-0.2, 0) is 28.6 Å². The number of esters is 3. The van der Waals surface area contributed by atoms with E-state index in [4.69, 9.17) is 14.2 Å². The Morgan fingerprint density at radius 1 is 0.280 bits per heavy atom. The van der Waals surface area contributed by atoms with Crippen molar-refractivity contribution in [2.75, 3.05) is 13.2 Å². The monoisotopic (exact) mass is 1050 g/mol. The molecule has 6 nitrogen and oxygen atoms in total. The predicted molar refractivity (Wildman–Crippen MR) is 325 cm³/mol. The SMILES string of the molecule is CC/C=C\C/C=C\C/C=C\C/C=C\CCCCCCCCCCCCCCCCCCCCCCC(=O)OCC(COC(=O)CCCCCCC/C=C\CCCC)OC(=O)CCCCCCC/C=C\CCCCCC. The number of carbonyl (C=O) groups is 3. The van der Waals surface area contributed by atoms with Gasteiger partial charge in [-0.15, -0.1) is 0 Å². The summed E-state index contributed by atoms with van der Waals surface area (Å²) >= 11 is 0. The van der Waals surface area contributed by atoms with Crippen molar-refractivity contribution >= 4 is 17.9 Å². The second-order valence-corrected chi connectivity index (χ2v) is 21.6. The minimum absolute atomic E-state index is 0.0772. The van der Waals surface area contributed by atoms with Gasteiger partial charge in [0.05, 0.1) is 0 Å². The van der Waals surface area contributed by atoms with E-state index in [1.807, 2.05) is 0 Å². The zero-order valence-corrected chi connectivity index (χ0v) is 49.8. The molecule has 0 rings (SSSR count). The molecule has 0 heterocycles. The maximum absolute atomic E-state index is 12.8. The average molecular weight is 1050 g/mol. The van der Waals surface area contributed by atoms with E-state index in [0.717, 1.165) is 103 Å². The van der Waals surface area contributed by atoms with Gasteiger partial charge < -0.3 is 14.2 Å². The Hall–Kier alpha value is -3.15. The molecule has 0 amide bonds. The molecule has 0 spiro atoms. The zero-order chi connectivity index (χ0) is 54.3. The van der Waals surface area contributed by atoms with Crippen molar-refractivity contribution in [2.24, 2.45) is 0 Å². The Balaban J connectivity index is 4.05. The van der Waals surface area contributed by atoms with Gasteiger partial charge in [0, 0.05) is 19.3 Å². The molecule has 0 aliphatic heterocycles. The van der Waals surface area contributed by atoms with Gasteiger partial charge in [0.25, 0.3) is 0 Å². The lowest BCUT2D eigenvalue weighted by Crippen LogP contribution is -2.30. The Kier molecular flexibility index (Phi) is 60.7. The number of allylic oxidation sites excluding steroid dienone is 12. The number of rotatable bonds is 59. The van der Waals surface area contributed by atoms with Gasteiger partial charge in [0.2, 0.25) is 0 Å². The van der Waals surface area contributed by atoms with Crippen molar-refractivity contribution in [1.29, 1.82) is 0 Å². The van der Waals surface area contributed by atoms with Crippen LogP contribution in [-0.4, -0.2) is 37.2 Å². The topological polar surface area (TPSA) is 78.9 Å². The molecule has 0 radical (unpaired) electrons. The van der Waals surface area contributed by atoms with Crippen LogP contribution in [0.25, 0.3) is 0 Å². The van der Waals surface area contributed by atoms with Gasteiger partial charge in [-0.1, -0.05) is 280 Å². The highest BCUT2D eigenvalue weighted by Gasteiger charge is 2.19. The van der Waals surface area contributed by atoms with Gasteiger partial charge in [-0.2, -0.15) is 0 Å². The molecule has 0 saturated heterocycles. The lowest BCUT2D eigenvalue weighted by Gasteiger charge is -2.18. The van der Waals surface area contributed by atoms with Crippen molar-refractivity contribution in [1.82, 2.24) is 0 Å². The molecule has 0 aromatic carbocycles. The predicted octanol–water partition coefficient (Wildman–Crippen LogP) is 22.1. The molecule has 1 atom stereocenters. The molecule has 0 saturated carbocycles. The van der Waals surface area contributed by atoms with Crippen LogP contribution in [0, 0.1) is 0 Å². The van der Waals surface area contributed by atoms with Gasteiger partial charge >= 0.3 is 17.9 Å². The highest BCUT2D eigenvalue weighted by molar-refractivity contribution is 5.71. The van der Waals surface area contributed by atoms with Crippen molar-refractivity contribution in [3.8, 4) is 0 Å². The molecule has 0 N–H and O–H groups in total. The van der Waals surface area contributed by atoms with Crippen LogP contribution in [0.5, 0.6) is 0 Å².